The van der Waals surface area contributed by atoms with Gasteiger partial charge in [0.2, 0.25) is 0 Å². The molecule has 0 bridgehead atoms. The van der Waals surface area contributed by atoms with Crippen LogP contribution in [0, 0.1) is 23.2 Å². The first-order valence-corrected chi connectivity index (χ1v) is 6.19. The highest BCUT2D eigenvalue weighted by Gasteiger charge is 2.45. The first-order chi connectivity index (χ1) is 6.93. The Bertz CT molecular complexity index is 309. The van der Waals surface area contributed by atoms with Crippen LogP contribution in [-0.4, -0.2) is 5.78 Å². The molecule has 1 heteroatoms. The summed E-state index contributed by atoms with van der Waals surface area (Å²) >= 11 is 0. The van der Waals surface area contributed by atoms with Crippen LogP contribution in [0.15, 0.2) is 11.6 Å². The van der Waals surface area contributed by atoms with E-state index in [9.17, 15) is 4.79 Å². The van der Waals surface area contributed by atoms with Crippen molar-refractivity contribution >= 4 is 5.78 Å². The molecule has 0 aromatic rings. The second-order valence-electron chi connectivity index (χ2n) is 6.15. The van der Waals surface area contributed by atoms with E-state index in [-0.39, 0.29) is 11.3 Å². The molecule has 0 radical (unpaired) electrons. The van der Waals surface area contributed by atoms with Crippen molar-refractivity contribution < 1.29 is 4.79 Å². The SMILES string of the molecule is CC(C)C1C(=O)C=C2[C@H]1CCCC2(C)C. The number of ketones is 1. The topological polar surface area (TPSA) is 17.1 Å². The summed E-state index contributed by atoms with van der Waals surface area (Å²) in [5, 5.41) is 0. The Morgan fingerprint density at radius 1 is 1.40 bits per heavy atom. The third-order valence-corrected chi connectivity index (χ3v) is 4.28. The van der Waals surface area contributed by atoms with E-state index < -0.39 is 0 Å². The minimum Gasteiger partial charge on any atom is -0.295 e. The van der Waals surface area contributed by atoms with Gasteiger partial charge in [0.15, 0.2) is 5.78 Å². The average Bonchev–Trinajstić information content (AvgIpc) is 2.42. The molecule has 1 saturated carbocycles. The molecular formula is C14H22O. The predicted molar refractivity (Wildman–Crippen MR) is 62.5 cm³/mol. The predicted octanol–water partition coefficient (Wildman–Crippen LogP) is 3.59. The Kier molecular flexibility index (Phi) is 2.52. The summed E-state index contributed by atoms with van der Waals surface area (Å²) in [5.41, 5.74) is 1.71. The summed E-state index contributed by atoms with van der Waals surface area (Å²) in [6.07, 6.45) is 5.72. The zero-order chi connectivity index (χ0) is 11.2. The van der Waals surface area contributed by atoms with E-state index in [1.807, 2.05) is 6.08 Å². The monoisotopic (exact) mass is 206 g/mol. The lowest BCUT2D eigenvalue weighted by molar-refractivity contribution is -0.119. The molecule has 1 nitrogen and oxygen atoms in total. The highest BCUT2D eigenvalue weighted by atomic mass is 16.1. The summed E-state index contributed by atoms with van der Waals surface area (Å²) in [6.45, 7) is 8.95. The summed E-state index contributed by atoms with van der Waals surface area (Å²) in [6, 6.07) is 0. The quantitative estimate of drug-likeness (QED) is 0.640. The molecule has 2 atom stereocenters. The van der Waals surface area contributed by atoms with E-state index in [2.05, 4.69) is 27.7 Å². The molecule has 2 aliphatic rings. The van der Waals surface area contributed by atoms with E-state index >= 15 is 0 Å². The van der Waals surface area contributed by atoms with E-state index in [1.54, 1.807) is 0 Å². The highest BCUT2D eigenvalue weighted by Crippen LogP contribution is 2.51. The first kappa shape index (κ1) is 10.9. The summed E-state index contributed by atoms with van der Waals surface area (Å²) in [4.78, 5) is 12.0. The van der Waals surface area contributed by atoms with Gasteiger partial charge in [0, 0.05) is 5.92 Å². The Labute approximate surface area is 92.9 Å². The number of carbonyl (C=O) groups is 1. The molecule has 15 heavy (non-hydrogen) atoms. The Morgan fingerprint density at radius 3 is 2.67 bits per heavy atom. The summed E-state index contributed by atoms with van der Waals surface area (Å²) in [5.74, 6) is 1.71. The molecule has 0 aliphatic heterocycles. The van der Waals surface area contributed by atoms with Crippen molar-refractivity contribution in [1.82, 2.24) is 0 Å². The lowest BCUT2D eigenvalue weighted by Gasteiger charge is -2.38. The molecule has 0 N–H and O–H groups in total. The zero-order valence-corrected chi connectivity index (χ0v) is 10.3. The normalized spacial score (nSPS) is 34.2. The van der Waals surface area contributed by atoms with Gasteiger partial charge in [-0.25, -0.2) is 0 Å². The van der Waals surface area contributed by atoms with Crippen molar-refractivity contribution in [2.75, 3.05) is 0 Å². The highest BCUT2D eigenvalue weighted by molar-refractivity contribution is 5.96. The molecule has 0 amide bonds. The van der Waals surface area contributed by atoms with Gasteiger partial charge in [0.1, 0.15) is 0 Å². The van der Waals surface area contributed by atoms with Crippen LogP contribution in [0.5, 0.6) is 0 Å². The minimum absolute atomic E-state index is 0.266. The Balaban J connectivity index is 2.32. The van der Waals surface area contributed by atoms with Gasteiger partial charge in [-0.05, 0) is 36.2 Å². The Hall–Kier alpha value is -0.590. The summed E-state index contributed by atoms with van der Waals surface area (Å²) in [7, 11) is 0. The van der Waals surface area contributed by atoms with Gasteiger partial charge in [0.05, 0.1) is 0 Å². The molecular weight excluding hydrogens is 184 g/mol. The fraction of sp³-hybridized carbons (Fsp3) is 0.786. The largest absolute Gasteiger partial charge is 0.295 e. The van der Waals surface area contributed by atoms with Crippen LogP contribution >= 0.6 is 0 Å². The molecule has 1 fully saturated rings. The first-order valence-electron chi connectivity index (χ1n) is 6.19. The van der Waals surface area contributed by atoms with E-state index in [0.717, 1.165) is 0 Å². The number of hydrogen-bond acceptors (Lipinski definition) is 1. The van der Waals surface area contributed by atoms with Crippen LogP contribution in [0.1, 0.15) is 47.0 Å². The number of carbonyl (C=O) groups excluding carboxylic acids is 1. The van der Waals surface area contributed by atoms with Crippen LogP contribution in [0.2, 0.25) is 0 Å². The second-order valence-corrected chi connectivity index (χ2v) is 6.15. The smallest absolute Gasteiger partial charge is 0.159 e. The maximum Gasteiger partial charge on any atom is 0.159 e. The lowest BCUT2D eigenvalue weighted by Crippen LogP contribution is -2.30. The third-order valence-electron chi connectivity index (χ3n) is 4.28. The molecule has 2 rings (SSSR count). The van der Waals surface area contributed by atoms with Crippen molar-refractivity contribution in [2.24, 2.45) is 23.2 Å². The number of fused-ring (bicyclic) bond motifs is 1. The molecule has 2 aliphatic carbocycles. The fourth-order valence-corrected chi connectivity index (χ4v) is 3.48. The third kappa shape index (κ3) is 1.66. The Morgan fingerprint density at radius 2 is 2.07 bits per heavy atom. The van der Waals surface area contributed by atoms with Crippen molar-refractivity contribution in [2.45, 2.75) is 47.0 Å². The van der Waals surface area contributed by atoms with Gasteiger partial charge in [-0.2, -0.15) is 0 Å². The van der Waals surface area contributed by atoms with Crippen LogP contribution in [-0.2, 0) is 4.79 Å². The van der Waals surface area contributed by atoms with E-state index in [1.165, 1.54) is 24.8 Å². The van der Waals surface area contributed by atoms with Crippen LogP contribution < -0.4 is 0 Å². The minimum atomic E-state index is 0.266. The molecule has 0 saturated heterocycles. The summed E-state index contributed by atoms with van der Waals surface area (Å²) < 4.78 is 0. The standard InChI is InChI=1S/C14H22O/c1-9(2)13-10-6-5-7-14(3,4)11(10)8-12(13)15/h8-10,13H,5-7H2,1-4H3/t10-,13?/m1/s1. The molecule has 84 valence electrons. The van der Waals surface area contributed by atoms with Gasteiger partial charge in [-0.15, -0.1) is 0 Å². The zero-order valence-electron chi connectivity index (χ0n) is 10.3. The number of allylic oxidation sites excluding steroid dienone is 2. The van der Waals surface area contributed by atoms with Crippen LogP contribution in [0.3, 0.4) is 0 Å². The van der Waals surface area contributed by atoms with Crippen molar-refractivity contribution in [3.63, 3.8) is 0 Å². The second kappa shape index (κ2) is 3.47. The van der Waals surface area contributed by atoms with Crippen molar-refractivity contribution in [3.05, 3.63) is 11.6 Å². The van der Waals surface area contributed by atoms with Gasteiger partial charge < -0.3 is 0 Å². The van der Waals surface area contributed by atoms with E-state index in [0.29, 0.717) is 17.6 Å². The molecule has 0 aromatic carbocycles. The van der Waals surface area contributed by atoms with Gasteiger partial charge in [-0.3, -0.25) is 4.79 Å². The molecule has 1 unspecified atom stereocenters. The maximum atomic E-state index is 12.0. The van der Waals surface area contributed by atoms with Crippen LogP contribution in [0.4, 0.5) is 0 Å². The van der Waals surface area contributed by atoms with Gasteiger partial charge in [-0.1, -0.05) is 39.7 Å². The van der Waals surface area contributed by atoms with Crippen molar-refractivity contribution in [3.8, 4) is 0 Å². The van der Waals surface area contributed by atoms with Crippen LogP contribution in [0.25, 0.3) is 0 Å². The average molecular weight is 206 g/mol. The van der Waals surface area contributed by atoms with Gasteiger partial charge in [0.25, 0.3) is 0 Å². The number of rotatable bonds is 1. The number of hydrogen-bond donors (Lipinski definition) is 0. The fourth-order valence-electron chi connectivity index (χ4n) is 3.48. The van der Waals surface area contributed by atoms with E-state index in [4.69, 9.17) is 0 Å². The molecule has 0 spiro atoms. The molecule has 0 heterocycles. The maximum absolute atomic E-state index is 12.0. The van der Waals surface area contributed by atoms with Crippen molar-refractivity contribution in [1.29, 1.82) is 0 Å². The van der Waals surface area contributed by atoms with Gasteiger partial charge >= 0.3 is 0 Å². The molecule has 0 aromatic heterocycles. The lowest BCUT2D eigenvalue weighted by atomic mass is 9.66.